The molecule has 0 aromatic carbocycles. The van der Waals surface area contributed by atoms with Crippen LogP contribution in [0.1, 0.15) is 40.0 Å². The van der Waals surface area contributed by atoms with Gasteiger partial charge < -0.3 is 14.3 Å². The Bertz CT molecular complexity index is 361. The number of carbonyl (C=O) groups excluding carboxylic acids is 3. The Morgan fingerprint density at radius 1 is 1.32 bits per heavy atom. The minimum atomic E-state index is -0.662. The molecule has 0 unspecified atom stereocenters. The van der Waals surface area contributed by atoms with Crippen LogP contribution < -0.4 is 0 Å². The summed E-state index contributed by atoms with van der Waals surface area (Å²) < 4.78 is 9.98. The maximum atomic E-state index is 12.2. The average molecular weight is 271 g/mol. The summed E-state index contributed by atoms with van der Waals surface area (Å²) in [5.74, 6) is -0.473. The van der Waals surface area contributed by atoms with E-state index >= 15 is 0 Å². The molecule has 0 saturated carbocycles. The highest BCUT2D eigenvalue weighted by atomic mass is 16.6. The van der Waals surface area contributed by atoms with E-state index in [9.17, 15) is 14.4 Å². The number of likely N-dealkylation sites (tertiary alicyclic amines) is 1. The molecule has 1 rings (SSSR count). The largest absolute Gasteiger partial charge is 0.467 e. The van der Waals surface area contributed by atoms with Crippen LogP contribution in [0.15, 0.2) is 0 Å². The van der Waals surface area contributed by atoms with Gasteiger partial charge in [0.05, 0.1) is 7.11 Å². The van der Waals surface area contributed by atoms with Gasteiger partial charge in [0.15, 0.2) is 0 Å². The van der Waals surface area contributed by atoms with E-state index in [2.05, 4.69) is 0 Å². The van der Waals surface area contributed by atoms with Crippen LogP contribution in [0.2, 0.25) is 0 Å². The molecule has 0 aromatic heterocycles. The zero-order valence-electron chi connectivity index (χ0n) is 11.8. The number of aldehydes is 1. The number of rotatable bonds is 3. The van der Waals surface area contributed by atoms with Crippen LogP contribution in [-0.4, -0.2) is 48.0 Å². The molecule has 6 nitrogen and oxygen atoms in total. The molecule has 19 heavy (non-hydrogen) atoms. The second kappa shape index (κ2) is 6.04. The fraction of sp³-hybridized carbons (Fsp3) is 0.769. The molecular formula is C13H21NO5. The van der Waals surface area contributed by atoms with E-state index in [0.717, 1.165) is 6.29 Å². The summed E-state index contributed by atoms with van der Waals surface area (Å²) in [5.41, 5.74) is -0.647. The molecule has 1 saturated heterocycles. The van der Waals surface area contributed by atoms with Gasteiger partial charge in [-0.1, -0.05) is 0 Å². The monoisotopic (exact) mass is 271 g/mol. The van der Waals surface area contributed by atoms with Gasteiger partial charge in [0.1, 0.15) is 17.9 Å². The van der Waals surface area contributed by atoms with Crippen LogP contribution in [0.3, 0.4) is 0 Å². The summed E-state index contributed by atoms with van der Waals surface area (Å²) in [4.78, 5) is 35.8. The van der Waals surface area contributed by atoms with Gasteiger partial charge in [-0.2, -0.15) is 0 Å². The number of methoxy groups -OCH3 is 1. The molecule has 1 aliphatic rings. The standard InChI is InChI=1S/C13H21NO5/c1-13(2,3)19-12(17)14-9(7-8-15)5-6-10(14)11(16)18-4/h8-10H,5-7H2,1-4H3/t9-,10+/m1/s1. The van der Waals surface area contributed by atoms with Crippen molar-refractivity contribution in [2.75, 3.05) is 7.11 Å². The van der Waals surface area contributed by atoms with E-state index in [1.165, 1.54) is 12.0 Å². The van der Waals surface area contributed by atoms with E-state index in [1.807, 2.05) is 0 Å². The van der Waals surface area contributed by atoms with E-state index < -0.39 is 23.7 Å². The van der Waals surface area contributed by atoms with E-state index in [1.54, 1.807) is 20.8 Å². The first kappa shape index (κ1) is 15.5. The minimum Gasteiger partial charge on any atom is -0.467 e. The molecule has 1 heterocycles. The molecule has 2 atom stereocenters. The minimum absolute atomic E-state index is 0.201. The molecule has 0 aromatic rings. The molecule has 0 radical (unpaired) electrons. The first-order valence-electron chi connectivity index (χ1n) is 6.33. The SMILES string of the molecule is COC(=O)[C@@H]1CC[C@H](CC=O)N1C(=O)OC(C)(C)C. The van der Waals surface area contributed by atoms with Crippen LogP contribution in [0.4, 0.5) is 4.79 Å². The summed E-state index contributed by atoms with van der Waals surface area (Å²) in [5, 5.41) is 0. The third kappa shape index (κ3) is 3.94. The molecule has 1 amide bonds. The molecule has 1 aliphatic heterocycles. The van der Waals surface area contributed by atoms with Gasteiger partial charge in [-0.25, -0.2) is 9.59 Å². The first-order chi connectivity index (χ1) is 8.80. The lowest BCUT2D eigenvalue weighted by molar-refractivity contribution is -0.146. The lowest BCUT2D eigenvalue weighted by Gasteiger charge is -2.30. The van der Waals surface area contributed by atoms with Crippen LogP contribution in [0.5, 0.6) is 0 Å². The van der Waals surface area contributed by atoms with Crippen molar-refractivity contribution >= 4 is 18.3 Å². The van der Waals surface area contributed by atoms with Gasteiger partial charge in [-0.05, 0) is 33.6 Å². The van der Waals surface area contributed by atoms with Crippen LogP contribution in [0.25, 0.3) is 0 Å². The molecule has 6 heteroatoms. The Morgan fingerprint density at radius 2 is 1.95 bits per heavy atom. The van der Waals surface area contributed by atoms with Crippen molar-refractivity contribution < 1.29 is 23.9 Å². The topological polar surface area (TPSA) is 72.9 Å². The van der Waals surface area contributed by atoms with E-state index in [4.69, 9.17) is 9.47 Å². The highest BCUT2D eigenvalue weighted by molar-refractivity contribution is 5.82. The number of ether oxygens (including phenoxy) is 2. The van der Waals surface area contributed by atoms with Crippen molar-refractivity contribution in [1.29, 1.82) is 0 Å². The number of amides is 1. The molecule has 0 aliphatic carbocycles. The molecule has 0 spiro atoms. The highest BCUT2D eigenvalue weighted by Crippen LogP contribution is 2.28. The van der Waals surface area contributed by atoms with Crippen molar-refractivity contribution in [2.45, 2.75) is 57.7 Å². The predicted octanol–water partition coefficient (Wildman–Crippen LogP) is 1.52. The molecule has 0 N–H and O–H groups in total. The fourth-order valence-electron chi connectivity index (χ4n) is 2.18. The summed E-state index contributed by atoms with van der Waals surface area (Å²) in [6.07, 6.45) is 1.46. The number of hydrogen-bond acceptors (Lipinski definition) is 5. The Morgan fingerprint density at radius 3 is 2.42 bits per heavy atom. The van der Waals surface area contributed by atoms with Gasteiger partial charge in [0.2, 0.25) is 0 Å². The Balaban J connectivity index is 2.88. The summed E-state index contributed by atoms with van der Waals surface area (Å²) in [6.45, 7) is 5.26. The van der Waals surface area contributed by atoms with Gasteiger partial charge in [-0.15, -0.1) is 0 Å². The average Bonchev–Trinajstić information content (AvgIpc) is 2.70. The lowest BCUT2D eigenvalue weighted by atomic mass is 10.1. The van der Waals surface area contributed by atoms with Crippen molar-refractivity contribution in [1.82, 2.24) is 4.90 Å². The second-order valence-electron chi connectivity index (χ2n) is 5.56. The van der Waals surface area contributed by atoms with Crippen LogP contribution >= 0.6 is 0 Å². The molecule has 108 valence electrons. The van der Waals surface area contributed by atoms with Crippen molar-refractivity contribution in [3.63, 3.8) is 0 Å². The molecular weight excluding hydrogens is 250 g/mol. The van der Waals surface area contributed by atoms with Gasteiger partial charge in [0, 0.05) is 12.5 Å². The summed E-state index contributed by atoms with van der Waals surface area (Å²) in [6, 6.07) is -0.957. The van der Waals surface area contributed by atoms with Crippen LogP contribution in [-0.2, 0) is 19.1 Å². The van der Waals surface area contributed by atoms with Gasteiger partial charge in [-0.3, -0.25) is 4.90 Å². The second-order valence-corrected chi connectivity index (χ2v) is 5.56. The number of esters is 1. The number of hydrogen-bond donors (Lipinski definition) is 0. The van der Waals surface area contributed by atoms with E-state index in [0.29, 0.717) is 12.8 Å². The maximum absolute atomic E-state index is 12.2. The third-order valence-electron chi connectivity index (χ3n) is 2.95. The Kier molecular flexibility index (Phi) is 4.91. The van der Waals surface area contributed by atoms with E-state index in [-0.39, 0.29) is 12.5 Å². The summed E-state index contributed by atoms with van der Waals surface area (Å²) in [7, 11) is 1.28. The van der Waals surface area contributed by atoms with Gasteiger partial charge in [0.25, 0.3) is 0 Å². The van der Waals surface area contributed by atoms with Gasteiger partial charge >= 0.3 is 12.1 Å². The normalized spacial score (nSPS) is 23.1. The smallest absolute Gasteiger partial charge is 0.411 e. The lowest BCUT2D eigenvalue weighted by Crippen LogP contribution is -2.47. The highest BCUT2D eigenvalue weighted by Gasteiger charge is 2.43. The maximum Gasteiger partial charge on any atom is 0.411 e. The predicted molar refractivity (Wildman–Crippen MR) is 67.6 cm³/mol. The Hall–Kier alpha value is -1.59. The van der Waals surface area contributed by atoms with Crippen molar-refractivity contribution in [3.8, 4) is 0 Å². The Labute approximate surface area is 113 Å². The van der Waals surface area contributed by atoms with Crippen molar-refractivity contribution in [2.24, 2.45) is 0 Å². The third-order valence-corrected chi connectivity index (χ3v) is 2.95. The summed E-state index contributed by atoms with van der Waals surface area (Å²) >= 11 is 0. The van der Waals surface area contributed by atoms with Crippen molar-refractivity contribution in [3.05, 3.63) is 0 Å². The first-order valence-corrected chi connectivity index (χ1v) is 6.33. The number of nitrogens with zero attached hydrogens (tertiary/aromatic N) is 1. The number of carbonyl (C=O) groups is 3. The quantitative estimate of drug-likeness (QED) is 0.574. The van der Waals surface area contributed by atoms with Crippen LogP contribution in [0, 0.1) is 0 Å². The zero-order chi connectivity index (χ0) is 14.6. The molecule has 0 bridgehead atoms. The molecule has 1 fully saturated rings. The fourth-order valence-corrected chi connectivity index (χ4v) is 2.18. The zero-order valence-corrected chi connectivity index (χ0v) is 11.8.